The Morgan fingerprint density at radius 3 is 2.83 bits per heavy atom. The fraction of sp³-hybridized carbons (Fsp3) is 0.923. The monoisotopic (exact) mass is 292 g/mol. The molecule has 0 aromatic rings. The molecule has 0 aromatic heterocycles. The van der Waals surface area contributed by atoms with E-state index in [1.54, 1.807) is 0 Å². The summed E-state index contributed by atoms with van der Waals surface area (Å²) >= 11 is 2.00. The molecule has 0 aromatic carbocycles. The second-order valence-corrected chi connectivity index (χ2v) is 7.34. The highest BCUT2D eigenvalue weighted by Crippen LogP contribution is 2.37. The molecule has 3 N–H and O–H groups in total. The zero-order valence-electron chi connectivity index (χ0n) is 11.1. The van der Waals surface area contributed by atoms with Gasteiger partial charge in [0.2, 0.25) is 5.91 Å². The highest BCUT2D eigenvalue weighted by atomic mass is 35.5. The molecule has 0 bridgehead atoms. The second kappa shape index (κ2) is 7.01. The minimum absolute atomic E-state index is 0. The van der Waals surface area contributed by atoms with Crippen LogP contribution in [0.5, 0.6) is 0 Å². The molecule has 18 heavy (non-hydrogen) atoms. The van der Waals surface area contributed by atoms with Crippen molar-refractivity contribution in [1.82, 2.24) is 5.32 Å². The summed E-state index contributed by atoms with van der Waals surface area (Å²) in [7, 11) is 0. The predicted octanol–water partition coefficient (Wildman–Crippen LogP) is 2.19. The summed E-state index contributed by atoms with van der Waals surface area (Å²) in [4.78, 5) is 12.1. The van der Waals surface area contributed by atoms with Crippen molar-refractivity contribution in [3.63, 3.8) is 0 Å². The Labute approximate surface area is 120 Å². The van der Waals surface area contributed by atoms with Crippen LogP contribution in [0.25, 0.3) is 0 Å². The number of hydrogen-bond donors (Lipinski definition) is 2. The van der Waals surface area contributed by atoms with Gasteiger partial charge in [-0.3, -0.25) is 4.79 Å². The van der Waals surface area contributed by atoms with Gasteiger partial charge in [-0.1, -0.05) is 6.42 Å². The summed E-state index contributed by atoms with van der Waals surface area (Å²) in [6, 6.07) is 0. The van der Waals surface area contributed by atoms with Gasteiger partial charge in [0.1, 0.15) is 0 Å². The van der Waals surface area contributed by atoms with Crippen LogP contribution in [0.1, 0.15) is 39.0 Å². The van der Waals surface area contributed by atoms with Crippen LogP contribution in [0.4, 0.5) is 0 Å². The lowest BCUT2D eigenvalue weighted by Crippen LogP contribution is -2.41. The quantitative estimate of drug-likeness (QED) is 0.835. The molecule has 2 fully saturated rings. The molecular formula is C13H25ClN2OS. The normalized spacial score (nSPS) is 35.2. The van der Waals surface area contributed by atoms with Gasteiger partial charge < -0.3 is 11.1 Å². The molecule has 106 valence electrons. The molecule has 1 saturated heterocycles. The molecule has 3 atom stereocenters. The molecule has 1 heterocycles. The first-order valence-corrected chi connectivity index (χ1v) is 7.75. The van der Waals surface area contributed by atoms with Crippen LogP contribution in [0.15, 0.2) is 0 Å². The van der Waals surface area contributed by atoms with Crippen LogP contribution in [0, 0.1) is 11.8 Å². The average molecular weight is 293 g/mol. The topological polar surface area (TPSA) is 55.1 Å². The van der Waals surface area contributed by atoms with Gasteiger partial charge in [-0.15, -0.1) is 12.4 Å². The Morgan fingerprint density at radius 2 is 2.22 bits per heavy atom. The Bertz CT molecular complexity index is 282. The summed E-state index contributed by atoms with van der Waals surface area (Å²) in [5.74, 6) is 2.07. The number of carbonyl (C=O) groups is 1. The lowest BCUT2D eigenvalue weighted by molar-refractivity contribution is -0.126. The molecule has 5 heteroatoms. The third kappa shape index (κ3) is 3.78. The maximum Gasteiger partial charge on any atom is 0.223 e. The van der Waals surface area contributed by atoms with Crippen molar-refractivity contribution < 1.29 is 4.79 Å². The van der Waals surface area contributed by atoms with Gasteiger partial charge in [0.25, 0.3) is 0 Å². The summed E-state index contributed by atoms with van der Waals surface area (Å²) in [5, 5.41) is 3.16. The van der Waals surface area contributed by atoms with Crippen LogP contribution >= 0.6 is 24.2 Å². The van der Waals surface area contributed by atoms with E-state index in [-0.39, 0.29) is 29.0 Å². The van der Waals surface area contributed by atoms with Crippen molar-refractivity contribution in [3.05, 3.63) is 0 Å². The van der Waals surface area contributed by atoms with Gasteiger partial charge in [-0.05, 0) is 50.8 Å². The zero-order chi connectivity index (χ0) is 12.3. The summed E-state index contributed by atoms with van der Waals surface area (Å²) < 4.78 is 0.270. The largest absolute Gasteiger partial charge is 0.354 e. The van der Waals surface area contributed by atoms with E-state index in [9.17, 15) is 4.79 Å². The third-order valence-electron chi connectivity index (χ3n) is 4.24. The SMILES string of the molecule is CC1(CNC(=O)[C@@H]2CCC[C@@H]2CN)CCCS1.Cl. The van der Waals surface area contributed by atoms with E-state index in [1.165, 1.54) is 18.6 Å². The second-order valence-electron chi connectivity index (χ2n) is 5.65. The van der Waals surface area contributed by atoms with E-state index in [4.69, 9.17) is 5.73 Å². The van der Waals surface area contributed by atoms with Gasteiger partial charge in [-0.25, -0.2) is 0 Å². The van der Waals surface area contributed by atoms with Crippen LogP contribution in [-0.2, 0) is 4.79 Å². The number of carbonyl (C=O) groups excluding carboxylic acids is 1. The smallest absolute Gasteiger partial charge is 0.223 e. The molecule has 3 nitrogen and oxygen atoms in total. The number of thioether (sulfide) groups is 1. The zero-order valence-corrected chi connectivity index (χ0v) is 12.7. The molecule has 1 unspecified atom stereocenters. The highest BCUT2D eigenvalue weighted by Gasteiger charge is 2.34. The van der Waals surface area contributed by atoms with Crippen LogP contribution < -0.4 is 11.1 Å². The Hall–Kier alpha value is 0.0700. The number of hydrogen-bond acceptors (Lipinski definition) is 3. The molecule has 1 saturated carbocycles. The van der Waals surface area contributed by atoms with E-state index in [0.717, 1.165) is 25.8 Å². The van der Waals surface area contributed by atoms with Crippen molar-refractivity contribution in [2.45, 2.75) is 43.8 Å². The van der Waals surface area contributed by atoms with Gasteiger partial charge in [0.05, 0.1) is 0 Å². The summed E-state index contributed by atoms with van der Waals surface area (Å²) in [5.41, 5.74) is 5.72. The molecule has 1 aliphatic carbocycles. The van der Waals surface area contributed by atoms with E-state index in [0.29, 0.717) is 12.5 Å². The molecular weight excluding hydrogens is 268 g/mol. The molecule has 0 spiro atoms. The Morgan fingerprint density at radius 1 is 1.44 bits per heavy atom. The summed E-state index contributed by atoms with van der Waals surface area (Å²) in [6.07, 6.45) is 5.82. The molecule has 1 aliphatic heterocycles. The van der Waals surface area contributed by atoms with Gasteiger partial charge in [0.15, 0.2) is 0 Å². The average Bonchev–Trinajstić information content (AvgIpc) is 2.95. The van der Waals surface area contributed by atoms with Crippen LogP contribution in [0.2, 0.25) is 0 Å². The predicted molar refractivity (Wildman–Crippen MR) is 80.2 cm³/mol. The highest BCUT2D eigenvalue weighted by molar-refractivity contribution is 8.00. The number of nitrogens with one attached hydrogen (secondary N) is 1. The fourth-order valence-electron chi connectivity index (χ4n) is 3.05. The first kappa shape index (κ1) is 16.1. The molecule has 0 radical (unpaired) electrons. The van der Waals surface area contributed by atoms with E-state index < -0.39 is 0 Å². The lowest BCUT2D eigenvalue weighted by Gasteiger charge is -2.25. The van der Waals surface area contributed by atoms with Crippen molar-refractivity contribution in [2.75, 3.05) is 18.8 Å². The molecule has 2 rings (SSSR count). The first-order valence-electron chi connectivity index (χ1n) is 6.76. The van der Waals surface area contributed by atoms with E-state index in [2.05, 4.69) is 12.2 Å². The van der Waals surface area contributed by atoms with E-state index >= 15 is 0 Å². The van der Waals surface area contributed by atoms with Gasteiger partial charge >= 0.3 is 0 Å². The fourth-order valence-corrected chi connectivity index (χ4v) is 4.29. The number of amides is 1. The summed E-state index contributed by atoms with van der Waals surface area (Å²) in [6.45, 7) is 3.74. The van der Waals surface area contributed by atoms with Crippen molar-refractivity contribution in [1.29, 1.82) is 0 Å². The van der Waals surface area contributed by atoms with Crippen molar-refractivity contribution in [3.8, 4) is 0 Å². The van der Waals surface area contributed by atoms with E-state index in [1.807, 2.05) is 11.8 Å². The van der Waals surface area contributed by atoms with Crippen LogP contribution in [0.3, 0.4) is 0 Å². The number of rotatable bonds is 4. The maximum absolute atomic E-state index is 12.1. The number of nitrogens with two attached hydrogens (primary N) is 1. The molecule has 2 aliphatic rings. The molecule has 1 amide bonds. The lowest BCUT2D eigenvalue weighted by atomic mass is 9.95. The minimum Gasteiger partial charge on any atom is -0.354 e. The minimum atomic E-state index is 0. The Kier molecular flexibility index (Phi) is 6.28. The third-order valence-corrected chi connectivity index (χ3v) is 5.77. The maximum atomic E-state index is 12.1. The van der Waals surface area contributed by atoms with Crippen molar-refractivity contribution >= 4 is 30.1 Å². The van der Waals surface area contributed by atoms with Gasteiger partial charge in [-0.2, -0.15) is 11.8 Å². The first-order chi connectivity index (χ1) is 8.14. The standard InChI is InChI=1S/C13H24N2OS.ClH/c1-13(6-3-7-17-13)9-15-12(16)11-5-2-4-10(11)8-14;/h10-11H,2-9,14H2,1H3,(H,15,16);1H/t10-,11-,13?;/m1./s1. The van der Waals surface area contributed by atoms with Crippen molar-refractivity contribution in [2.24, 2.45) is 17.6 Å². The Balaban J connectivity index is 0.00000162. The van der Waals surface area contributed by atoms with Gasteiger partial charge in [0, 0.05) is 17.2 Å². The van der Waals surface area contributed by atoms with Crippen LogP contribution in [-0.4, -0.2) is 29.5 Å². The number of halogens is 1.